The highest BCUT2D eigenvalue weighted by atomic mass is 32.2. The van der Waals surface area contributed by atoms with Crippen LogP contribution in [0.2, 0.25) is 0 Å². The Morgan fingerprint density at radius 1 is 1.44 bits per heavy atom. The number of rotatable bonds is 5. The Morgan fingerprint density at radius 2 is 2.06 bits per heavy atom. The van der Waals surface area contributed by atoms with Gasteiger partial charge in [-0.1, -0.05) is 0 Å². The van der Waals surface area contributed by atoms with Crippen LogP contribution in [0.5, 0.6) is 0 Å². The van der Waals surface area contributed by atoms with Crippen molar-refractivity contribution in [2.24, 2.45) is 0 Å². The summed E-state index contributed by atoms with van der Waals surface area (Å²) in [4.78, 5) is 10.3. The number of furan rings is 1. The zero-order chi connectivity index (χ0) is 14.0. The summed E-state index contributed by atoms with van der Waals surface area (Å²) < 4.78 is 63.4. The normalized spacial score (nSPS) is 12.9. The molecule has 0 saturated carbocycles. The maximum absolute atomic E-state index is 12.3. The third-order valence-corrected chi connectivity index (χ3v) is 3.37. The SMILES string of the molecule is O=C([O-])CN(Cc1ccco1)S(=O)(=O)C(F)(F)F. The lowest BCUT2D eigenvalue weighted by atomic mass is 10.4. The molecule has 0 amide bonds. The molecule has 0 radical (unpaired) electrons. The van der Waals surface area contributed by atoms with Gasteiger partial charge in [0.25, 0.3) is 0 Å². The van der Waals surface area contributed by atoms with Crippen molar-refractivity contribution in [3.8, 4) is 0 Å². The van der Waals surface area contributed by atoms with E-state index >= 15 is 0 Å². The van der Waals surface area contributed by atoms with E-state index < -0.39 is 34.6 Å². The van der Waals surface area contributed by atoms with Gasteiger partial charge < -0.3 is 14.3 Å². The molecule has 0 aliphatic carbocycles. The average Bonchev–Trinajstić information content (AvgIpc) is 2.66. The minimum Gasteiger partial charge on any atom is -0.549 e. The first kappa shape index (κ1) is 14.5. The molecule has 0 aliphatic heterocycles. The van der Waals surface area contributed by atoms with Gasteiger partial charge in [0.05, 0.1) is 25.3 Å². The van der Waals surface area contributed by atoms with Gasteiger partial charge in [-0.3, -0.25) is 0 Å². The van der Waals surface area contributed by atoms with Crippen LogP contribution in [-0.2, 0) is 21.4 Å². The van der Waals surface area contributed by atoms with Gasteiger partial charge in [-0.2, -0.15) is 17.5 Å². The predicted octanol–water partition coefficient (Wildman–Crippen LogP) is -0.319. The van der Waals surface area contributed by atoms with E-state index in [9.17, 15) is 31.5 Å². The number of carbonyl (C=O) groups excluding carboxylic acids is 1. The Bertz CT molecular complexity index is 507. The van der Waals surface area contributed by atoms with Gasteiger partial charge in [0.1, 0.15) is 5.76 Å². The lowest BCUT2D eigenvalue weighted by Crippen LogP contribution is -2.46. The summed E-state index contributed by atoms with van der Waals surface area (Å²) in [5.74, 6) is -2.07. The molecular weight excluding hydrogens is 279 g/mol. The molecule has 0 unspecified atom stereocenters. The van der Waals surface area contributed by atoms with E-state index in [1.807, 2.05) is 0 Å². The molecule has 10 heteroatoms. The standard InChI is InChI=1S/C8H8F3NO5S/c9-8(10,11)18(15,16)12(5-7(13)14)4-6-2-1-3-17-6/h1-3H,4-5H2,(H,13,14)/p-1. The fourth-order valence-corrected chi connectivity index (χ4v) is 1.96. The summed E-state index contributed by atoms with van der Waals surface area (Å²) in [6.07, 6.45) is 1.12. The monoisotopic (exact) mass is 286 g/mol. The van der Waals surface area contributed by atoms with Crippen LogP contribution in [0.15, 0.2) is 22.8 Å². The number of halogens is 3. The van der Waals surface area contributed by atoms with Gasteiger partial charge >= 0.3 is 15.5 Å². The third kappa shape index (κ3) is 3.23. The van der Waals surface area contributed by atoms with E-state index in [0.29, 0.717) is 0 Å². The quantitative estimate of drug-likeness (QED) is 0.740. The van der Waals surface area contributed by atoms with Gasteiger partial charge in [0, 0.05) is 0 Å². The number of hydrogen-bond donors (Lipinski definition) is 0. The zero-order valence-electron chi connectivity index (χ0n) is 8.68. The predicted molar refractivity (Wildman–Crippen MR) is 49.1 cm³/mol. The van der Waals surface area contributed by atoms with Crippen molar-refractivity contribution < 1.29 is 35.9 Å². The van der Waals surface area contributed by atoms with Crippen LogP contribution in [0, 0.1) is 0 Å². The number of carboxylic acid groups (broad SMARTS) is 1. The highest BCUT2D eigenvalue weighted by Crippen LogP contribution is 2.27. The molecule has 0 aliphatic rings. The van der Waals surface area contributed by atoms with E-state index in [4.69, 9.17) is 0 Å². The number of alkyl halides is 3. The molecule has 1 aromatic rings. The van der Waals surface area contributed by atoms with E-state index in [0.717, 1.165) is 6.26 Å². The Balaban J connectivity index is 3.02. The van der Waals surface area contributed by atoms with Crippen LogP contribution >= 0.6 is 0 Å². The second kappa shape index (κ2) is 4.98. The summed E-state index contributed by atoms with van der Waals surface area (Å²) in [6, 6.07) is 2.54. The molecule has 1 rings (SSSR count). The first-order valence-electron chi connectivity index (χ1n) is 4.43. The Hall–Kier alpha value is -1.55. The molecule has 18 heavy (non-hydrogen) atoms. The molecule has 0 saturated heterocycles. The average molecular weight is 286 g/mol. The fourth-order valence-electron chi connectivity index (χ4n) is 1.09. The molecule has 0 bridgehead atoms. The number of carboxylic acids is 1. The van der Waals surface area contributed by atoms with Gasteiger partial charge in [0.15, 0.2) is 0 Å². The topological polar surface area (TPSA) is 90.7 Å². The third-order valence-electron chi connectivity index (χ3n) is 1.85. The molecular formula is C8H7F3NO5S-. The lowest BCUT2D eigenvalue weighted by molar-refractivity contribution is -0.305. The van der Waals surface area contributed by atoms with Crippen LogP contribution in [0.1, 0.15) is 5.76 Å². The molecule has 0 aromatic carbocycles. The van der Waals surface area contributed by atoms with Crippen molar-refractivity contribution in [1.82, 2.24) is 4.31 Å². The molecule has 102 valence electrons. The molecule has 0 fully saturated rings. The first-order valence-corrected chi connectivity index (χ1v) is 5.87. The molecule has 1 heterocycles. The summed E-state index contributed by atoms with van der Waals surface area (Å²) in [5.41, 5.74) is -5.59. The molecule has 1 aromatic heterocycles. The second-order valence-electron chi connectivity index (χ2n) is 3.17. The fraction of sp³-hybridized carbons (Fsp3) is 0.375. The maximum atomic E-state index is 12.3. The summed E-state index contributed by atoms with van der Waals surface area (Å²) in [7, 11) is -5.76. The number of nitrogens with zero attached hydrogens (tertiary/aromatic N) is 1. The lowest BCUT2D eigenvalue weighted by Gasteiger charge is -2.22. The minimum absolute atomic E-state index is 0.121. The molecule has 0 atom stereocenters. The van der Waals surface area contributed by atoms with Crippen LogP contribution in [0.25, 0.3) is 0 Å². The van der Waals surface area contributed by atoms with Gasteiger partial charge in [-0.15, -0.1) is 0 Å². The Morgan fingerprint density at radius 3 is 2.44 bits per heavy atom. The molecule has 6 nitrogen and oxygen atoms in total. The number of sulfonamides is 1. The minimum atomic E-state index is -5.76. The van der Waals surface area contributed by atoms with Gasteiger partial charge in [-0.25, -0.2) is 8.42 Å². The van der Waals surface area contributed by atoms with Crippen LogP contribution in [0.4, 0.5) is 13.2 Å². The Labute approximate surface area is 99.7 Å². The summed E-state index contributed by atoms with van der Waals surface area (Å²) in [6.45, 7) is -2.26. The molecule has 0 N–H and O–H groups in total. The van der Waals surface area contributed by atoms with Crippen molar-refractivity contribution in [3.63, 3.8) is 0 Å². The second-order valence-corrected chi connectivity index (χ2v) is 5.10. The van der Waals surface area contributed by atoms with Crippen molar-refractivity contribution >= 4 is 16.0 Å². The van der Waals surface area contributed by atoms with Crippen LogP contribution in [0.3, 0.4) is 0 Å². The maximum Gasteiger partial charge on any atom is 0.511 e. The highest BCUT2D eigenvalue weighted by Gasteiger charge is 2.50. The molecule has 0 spiro atoms. The van der Waals surface area contributed by atoms with Gasteiger partial charge in [0.2, 0.25) is 0 Å². The van der Waals surface area contributed by atoms with Crippen molar-refractivity contribution in [2.75, 3.05) is 6.54 Å². The number of hydrogen-bond acceptors (Lipinski definition) is 5. The van der Waals surface area contributed by atoms with E-state index in [2.05, 4.69) is 4.42 Å². The van der Waals surface area contributed by atoms with Gasteiger partial charge in [-0.05, 0) is 12.1 Å². The first-order chi connectivity index (χ1) is 8.14. The highest BCUT2D eigenvalue weighted by molar-refractivity contribution is 7.90. The van der Waals surface area contributed by atoms with Crippen LogP contribution in [-0.4, -0.2) is 30.7 Å². The number of aliphatic carboxylic acids is 1. The number of carbonyl (C=O) groups is 1. The summed E-state index contributed by atoms with van der Waals surface area (Å²) in [5, 5.41) is 10.3. The van der Waals surface area contributed by atoms with E-state index in [-0.39, 0.29) is 10.1 Å². The van der Waals surface area contributed by atoms with Crippen molar-refractivity contribution in [3.05, 3.63) is 24.2 Å². The largest absolute Gasteiger partial charge is 0.549 e. The van der Waals surface area contributed by atoms with Crippen molar-refractivity contribution in [2.45, 2.75) is 12.1 Å². The zero-order valence-corrected chi connectivity index (χ0v) is 9.49. The Kier molecular flexibility index (Phi) is 4.02. The van der Waals surface area contributed by atoms with E-state index in [1.165, 1.54) is 12.1 Å². The van der Waals surface area contributed by atoms with Crippen LogP contribution < -0.4 is 5.11 Å². The smallest absolute Gasteiger partial charge is 0.511 e. The van der Waals surface area contributed by atoms with E-state index in [1.54, 1.807) is 0 Å². The summed E-state index contributed by atoms with van der Waals surface area (Å²) >= 11 is 0. The van der Waals surface area contributed by atoms with Crippen molar-refractivity contribution in [1.29, 1.82) is 0 Å².